The Balaban J connectivity index is 2.07. The van der Waals surface area contributed by atoms with Crippen molar-refractivity contribution in [3.63, 3.8) is 0 Å². The van der Waals surface area contributed by atoms with Crippen molar-refractivity contribution in [2.75, 3.05) is 0 Å². The lowest BCUT2D eigenvalue weighted by Crippen LogP contribution is -2.24. The predicted molar refractivity (Wildman–Crippen MR) is 78.3 cm³/mol. The summed E-state index contributed by atoms with van der Waals surface area (Å²) in [7, 11) is 0. The molecule has 1 aromatic rings. The Bertz CT molecular complexity index is 396. The minimum atomic E-state index is 0.303. The lowest BCUT2D eigenvalue weighted by atomic mass is 9.67. The first-order chi connectivity index (χ1) is 8.57. The van der Waals surface area contributed by atoms with Crippen molar-refractivity contribution >= 4 is 0 Å². The van der Waals surface area contributed by atoms with E-state index in [4.69, 9.17) is 0 Å². The number of hydrogen-bond donors (Lipinski definition) is 0. The summed E-state index contributed by atoms with van der Waals surface area (Å²) in [6.07, 6.45) is 8.52. The zero-order chi connectivity index (χ0) is 12.8. The Morgan fingerprint density at radius 2 is 1.28 bits per heavy atom. The minimum Gasteiger partial charge on any atom is -0.0617 e. The number of benzene rings is 1. The van der Waals surface area contributed by atoms with Gasteiger partial charge in [0.2, 0.25) is 0 Å². The molecule has 0 spiro atoms. The Hall–Kier alpha value is -0.780. The maximum absolute atomic E-state index is 2.41. The van der Waals surface area contributed by atoms with Gasteiger partial charge < -0.3 is 0 Å². The normalized spacial score (nSPS) is 21.5. The molecule has 1 aromatic carbocycles. The molecule has 0 radical (unpaired) electrons. The summed E-state index contributed by atoms with van der Waals surface area (Å²) in [5.74, 6) is 1.72. The van der Waals surface area contributed by atoms with Gasteiger partial charge >= 0.3 is 0 Å². The number of rotatable bonds is 2. The molecule has 3 rings (SSSR count). The van der Waals surface area contributed by atoms with E-state index in [1.807, 2.05) is 0 Å². The van der Waals surface area contributed by atoms with Crippen LogP contribution < -0.4 is 0 Å². The fourth-order valence-corrected chi connectivity index (χ4v) is 3.57. The summed E-state index contributed by atoms with van der Waals surface area (Å²) in [4.78, 5) is 0. The third kappa shape index (κ3) is 2.00. The van der Waals surface area contributed by atoms with Crippen LogP contribution in [0.1, 0.15) is 87.8 Å². The van der Waals surface area contributed by atoms with Gasteiger partial charge in [0, 0.05) is 0 Å². The Labute approximate surface area is 112 Å². The van der Waals surface area contributed by atoms with Crippen LogP contribution in [0.15, 0.2) is 18.2 Å². The van der Waals surface area contributed by atoms with Crippen LogP contribution in [0.2, 0.25) is 0 Å². The lowest BCUT2D eigenvalue weighted by molar-refractivity contribution is 0.393. The molecule has 0 aromatic heterocycles. The highest BCUT2D eigenvalue weighted by atomic mass is 14.4. The van der Waals surface area contributed by atoms with Gasteiger partial charge in [0.15, 0.2) is 0 Å². The SMILES string of the molecule is CC(C)(C)c1c(C2CCC2)cccc1C1CCC1. The van der Waals surface area contributed by atoms with Crippen molar-refractivity contribution in [1.82, 2.24) is 0 Å². The highest BCUT2D eigenvalue weighted by Crippen LogP contribution is 2.47. The molecule has 2 fully saturated rings. The number of hydrogen-bond acceptors (Lipinski definition) is 0. The molecule has 18 heavy (non-hydrogen) atoms. The van der Waals surface area contributed by atoms with Gasteiger partial charge in [0.05, 0.1) is 0 Å². The van der Waals surface area contributed by atoms with Gasteiger partial charge in [-0.1, -0.05) is 51.8 Å². The molecule has 2 aliphatic rings. The second-order valence-electron chi connectivity index (χ2n) is 7.32. The zero-order valence-electron chi connectivity index (χ0n) is 12.1. The van der Waals surface area contributed by atoms with Crippen molar-refractivity contribution in [3.05, 3.63) is 34.9 Å². The molecule has 2 aliphatic carbocycles. The van der Waals surface area contributed by atoms with Crippen molar-refractivity contribution in [2.24, 2.45) is 0 Å². The molecule has 0 bridgehead atoms. The molecule has 0 amide bonds. The molecule has 0 heteroatoms. The summed E-state index contributed by atoms with van der Waals surface area (Å²) in [5.41, 5.74) is 5.35. The molecule has 0 saturated heterocycles. The van der Waals surface area contributed by atoms with Crippen LogP contribution in [-0.4, -0.2) is 0 Å². The predicted octanol–water partition coefficient (Wildman–Crippen LogP) is 5.52. The van der Waals surface area contributed by atoms with Crippen LogP contribution in [0.4, 0.5) is 0 Å². The highest BCUT2D eigenvalue weighted by Gasteiger charge is 2.32. The third-order valence-corrected chi connectivity index (χ3v) is 4.97. The smallest absolute Gasteiger partial charge is 0.0126 e. The summed E-state index contributed by atoms with van der Waals surface area (Å²) < 4.78 is 0. The van der Waals surface area contributed by atoms with E-state index < -0.39 is 0 Å². The van der Waals surface area contributed by atoms with Crippen LogP contribution in [0.3, 0.4) is 0 Å². The van der Waals surface area contributed by atoms with E-state index in [0.717, 1.165) is 11.8 Å². The van der Waals surface area contributed by atoms with Crippen molar-refractivity contribution < 1.29 is 0 Å². The van der Waals surface area contributed by atoms with Crippen LogP contribution in [-0.2, 0) is 5.41 Å². The Morgan fingerprint density at radius 1 is 0.833 bits per heavy atom. The van der Waals surface area contributed by atoms with E-state index in [1.165, 1.54) is 38.5 Å². The summed E-state index contributed by atoms with van der Waals surface area (Å²) in [6, 6.07) is 7.13. The van der Waals surface area contributed by atoms with E-state index in [1.54, 1.807) is 16.7 Å². The van der Waals surface area contributed by atoms with Gasteiger partial charge in [-0.2, -0.15) is 0 Å². The van der Waals surface area contributed by atoms with Crippen LogP contribution in [0.5, 0.6) is 0 Å². The molecule has 0 N–H and O–H groups in total. The first-order valence-corrected chi connectivity index (χ1v) is 7.70. The lowest BCUT2D eigenvalue weighted by Gasteiger charge is -2.37. The average molecular weight is 242 g/mol. The first-order valence-electron chi connectivity index (χ1n) is 7.70. The first kappa shape index (κ1) is 12.3. The fourth-order valence-electron chi connectivity index (χ4n) is 3.57. The second kappa shape index (κ2) is 4.40. The Morgan fingerprint density at radius 3 is 1.56 bits per heavy atom. The van der Waals surface area contributed by atoms with E-state index >= 15 is 0 Å². The minimum absolute atomic E-state index is 0.303. The third-order valence-electron chi connectivity index (χ3n) is 4.97. The fraction of sp³-hybridized carbons (Fsp3) is 0.667. The summed E-state index contributed by atoms with van der Waals surface area (Å²) in [5, 5.41) is 0. The van der Waals surface area contributed by atoms with Gasteiger partial charge in [-0.15, -0.1) is 0 Å². The molecule has 98 valence electrons. The second-order valence-corrected chi connectivity index (χ2v) is 7.32. The molecular weight excluding hydrogens is 216 g/mol. The van der Waals surface area contributed by atoms with Gasteiger partial charge in [-0.25, -0.2) is 0 Å². The average Bonchev–Trinajstić information content (AvgIpc) is 2.10. The van der Waals surface area contributed by atoms with Crippen molar-refractivity contribution in [2.45, 2.75) is 76.5 Å². The molecule has 2 saturated carbocycles. The van der Waals surface area contributed by atoms with Gasteiger partial charge in [0.25, 0.3) is 0 Å². The van der Waals surface area contributed by atoms with E-state index in [9.17, 15) is 0 Å². The largest absolute Gasteiger partial charge is 0.0617 e. The van der Waals surface area contributed by atoms with E-state index in [-0.39, 0.29) is 0 Å². The van der Waals surface area contributed by atoms with Crippen LogP contribution in [0.25, 0.3) is 0 Å². The van der Waals surface area contributed by atoms with Crippen molar-refractivity contribution in [1.29, 1.82) is 0 Å². The standard InChI is InChI=1S/C18H26/c1-18(2,3)17-15(13-7-4-8-13)11-6-12-16(17)14-9-5-10-14/h6,11-14H,4-5,7-10H2,1-3H3. The summed E-state index contributed by atoms with van der Waals surface area (Å²) in [6.45, 7) is 7.19. The Kier molecular flexibility index (Phi) is 3.00. The van der Waals surface area contributed by atoms with Crippen molar-refractivity contribution in [3.8, 4) is 0 Å². The van der Waals surface area contributed by atoms with Crippen LogP contribution in [0, 0.1) is 0 Å². The van der Waals surface area contributed by atoms with Crippen LogP contribution >= 0.6 is 0 Å². The monoisotopic (exact) mass is 242 g/mol. The quantitative estimate of drug-likeness (QED) is 0.640. The topological polar surface area (TPSA) is 0 Å². The van der Waals surface area contributed by atoms with Gasteiger partial charge in [0.1, 0.15) is 0 Å². The van der Waals surface area contributed by atoms with Gasteiger partial charge in [-0.05, 0) is 59.6 Å². The van der Waals surface area contributed by atoms with Gasteiger partial charge in [-0.3, -0.25) is 0 Å². The van der Waals surface area contributed by atoms with E-state index in [0.29, 0.717) is 5.41 Å². The summed E-state index contributed by atoms with van der Waals surface area (Å²) >= 11 is 0. The molecule has 0 atom stereocenters. The molecule has 0 unspecified atom stereocenters. The zero-order valence-corrected chi connectivity index (χ0v) is 12.1. The highest BCUT2D eigenvalue weighted by molar-refractivity contribution is 5.45. The maximum atomic E-state index is 2.41. The maximum Gasteiger partial charge on any atom is -0.0126 e. The molecule has 0 heterocycles. The molecular formula is C18H26. The van der Waals surface area contributed by atoms with E-state index in [2.05, 4.69) is 39.0 Å². The molecule has 0 nitrogen and oxygen atoms in total. The molecule has 0 aliphatic heterocycles.